The maximum absolute atomic E-state index is 12.1. The first-order chi connectivity index (χ1) is 8.18. The van der Waals surface area contributed by atoms with Crippen molar-refractivity contribution >= 4 is 11.6 Å². The molecule has 1 aliphatic heterocycles. The van der Waals surface area contributed by atoms with Gasteiger partial charge >= 0.3 is 0 Å². The largest absolute Gasteiger partial charge is 0.490 e. The number of rotatable bonds is 3. The van der Waals surface area contributed by atoms with Gasteiger partial charge < -0.3 is 15.4 Å². The fraction of sp³-hybridized carbons (Fsp3) is 0.462. The Labute approximate surface area is 101 Å². The van der Waals surface area contributed by atoms with E-state index in [0.717, 1.165) is 17.9 Å². The van der Waals surface area contributed by atoms with Gasteiger partial charge in [0.1, 0.15) is 12.4 Å². The summed E-state index contributed by atoms with van der Waals surface area (Å²) in [5.74, 6) is 0.908. The summed E-state index contributed by atoms with van der Waals surface area (Å²) in [6, 6.07) is 7.70. The molecule has 2 N–H and O–H groups in total. The molecule has 1 heterocycles. The van der Waals surface area contributed by atoms with E-state index in [1.807, 2.05) is 31.2 Å². The smallest absolute Gasteiger partial charge is 0.227 e. The van der Waals surface area contributed by atoms with Crippen LogP contribution >= 0.6 is 0 Å². The third kappa shape index (κ3) is 2.77. The number of carbonyl (C=O) groups excluding carboxylic acids is 1. The van der Waals surface area contributed by atoms with Crippen LogP contribution in [0, 0.1) is 0 Å². The molecule has 0 spiro atoms. The highest BCUT2D eigenvalue weighted by molar-refractivity contribution is 5.95. The van der Waals surface area contributed by atoms with Crippen LogP contribution in [0.2, 0.25) is 0 Å². The Morgan fingerprint density at radius 1 is 1.53 bits per heavy atom. The Hall–Kier alpha value is -1.55. The molecule has 1 aromatic carbocycles. The second-order valence-electron chi connectivity index (χ2n) is 4.38. The minimum absolute atomic E-state index is 0.0650. The van der Waals surface area contributed by atoms with Crippen LogP contribution in [0.15, 0.2) is 24.3 Å². The number of hydrogen-bond acceptors (Lipinski definition) is 3. The number of ether oxygens (including phenoxy) is 1. The lowest BCUT2D eigenvalue weighted by molar-refractivity contribution is -0.119. The van der Waals surface area contributed by atoms with Crippen molar-refractivity contribution in [1.82, 2.24) is 0 Å². The van der Waals surface area contributed by atoms with Crippen molar-refractivity contribution in [3.05, 3.63) is 24.3 Å². The second-order valence-corrected chi connectivity index (χ2v) is 4.38. The van der Waals surface area contributed by atoms with E-state index >= 15 is 0 Å². The maximum atomic E-state index is 12.1. The molecule has 0 saturated heterocycles. The van der Waals surface area contributed by atoms with Crippen LogP contribution in [-0.2, 0) is 4.79 Å². The van der Waals surface area contributed by atoms with E-state index in [1.54, 1.807) is 4.90 Å². The first-order valence-corrected chi connectivity index (χ1v) is 5.96. The molecule has 1 amide bonds. The highest BCUT2D eigenvalue weighted by Crippen LogP contribution is 2.31. The molecule has 2 rings (SSSR count). The van der Waals surface area contributed by atoms with Crippen LogP contribution in [-0.4, -0.2) is 25.1 Å². The van der Waals surface area contributed by atoms with Crippen LogP contribution in [0.25, 0.3) is 0 Å². The van der Waals surface area contributed by atoms with Gasteiger partial charge in [0.2, 0.25) is 5.91 Å². The Balaban J connectivity index is 2.10. The van der Waals surface area contributed by atoms with Crippen LogP contribution in [0.4, 0.5) is 5.69 Å². The minimum atomic E-state index is 0.0650. The lowest BCUT2D eigenvalue weighted by atomic mass is 10.1. The average molecular weight is 234 g/mol. The van der Waals surface area contributed by atoms with E-state index in [9.17, 15) is 4.79 Å². The van der Waals surface area contributed by atoms with Gasteiger partial charge in [-0.15, -0.1) is 0 Å². The summed E-state index contributed by atoms with van der Waals surface area (Å²) in [5, 5.41) is 0. The molecule has 0 aliphatic carbocycles. The van der Waals surface area contributed by atoms with E-state index in [4.69, 9.17) is 10.5 Å². The van der Waals surface area contributed by atoms with E-state index in [-0.39, 0.29) is 11.9 Å². The van der Waals surface area contributed by atoms with Crippen LogP contribution < -0.4 is 15.4 Å². The predicted octanol–water partition coefficient (Wildman–Crippen LogP) is 1.54. The van der Waals surface area contributed by atoms with Gasteiger partial charge in [0.05, 0.1) is 12.2 Å². The van der Waals surface area contributed by atoms with E-state index < -0.39 is 0 Å². The summed E-state index contributed by atoms with van der Waals surface area (Å²) >= 11 is 0. The number of benzene rings is 1. The summed E-state index contributed by atoms with van der Waals surface area (Å²) in [7, 11) is 0. The Bertz CT molecular complexity index is 404. The van der Waals surface area contributed by atoms with Crippen LogP contribution in [0.1, 0.15) is 19.8 Å². The summed E-state index contributed by atoms with van der Waals surface area (Å²) in [6.07, 6.45) is 1.21. The summed E-state index contributed by atoms with van der Waals surface area (Å²) in [4.78, 5) is 13.9. The molecule has 0 saturated carbocycles. The number of nitrogens with zero attached hydrogens (tertiary/aromatic N) is 1. The predicted molar refractivity (Wildman–Crippen MR) is 67.2 cm³/mol. The standard InChI is InChI=1S/C13H18N2O2/c1-10(14)6-7-13(16)15-8-9-17-12-5-3-2-4-11(12)15/h2-5,10H,6-9,14H2,1H3. The summed E-state index contributed by atoms with van der Waals surface area (Å²) < 4.78 is 5.51. The van der Waals surface area contributed by atoms with Gasteiger partial charge in [-0.05, 0) is 25.5 Å². The monoisotopic (exact) mass is 234 g/mol. The highest BCUT2D eigenvalue weighted by Gasteiger charge is 2.22. The zero-order valence-electron chi connectivity index (χ0n) is 10.1. The molecule has 1 unspecified atom stereocenters. The third-order valence-corrected chi connectivity index (χ3v) is 2.84. The maximum Gasteiger partial charge on any atom is 0.227 e. The van der Waals surface area contributed by atoms with Crippen molar-refractivity contribution in [3.8, 4) is 5.75 Å². The molecule has 0 aromatic heterocycles. The van der Waals surface area contributed by atoms with E-state index in [1.165, 1.54) is 0 Å². The lowest BCUT2D eigenvalue weighted by Crippen LogP contribution is -2.38. The normalized spacial score (nSPS) is 16.0. The van der Waals surface area contributed by atoms with Crippen LogP contribution in [0.5, 0.6) is 5.75 Å². The molecule has 4 heteroatoms. The molecular weight excluding hydrogens is 216 g/mol. The van der Waals surface area contributed by atoms with E-state index in [2.05, 4.69) is 0 Å². The van der Waals surface area contributed by atoms with Crippen molar-refractivity contribution in [2.75, 3.05) is 18.1 Å². The van der Waals surface area contributed by atoms with Crippen molar-refractivity contribution in [2.45, 2.75) is 25.8 Å². The van der Waals surface area contributed by atoms with Crippen molar-refractivity contribution < 1.29 is 9.53 Å². The SMILES string of the molecule is CC(N)CCC(=O)N1CCOc2ccccc21. The topological polar surface area (TPSA) is 55.6 Å². The van der Waals surface area contributed by atoms with Gasteiger partial charge in [-0.1, -0.05) is 12.1 Å². The zero-order chi connectivity index (χ0) is 12.3. The molecule has 0 fully saturated rings. The average Bonchev–Trinajstić information content (AvgIpc) is 2.35. The molecule has 1 atom stereocenters. The van der Waals surface area contributed by atoms with Gasteiger partial charge in [-0.3, -0.25) is 4.79 Å². The van der Waals surface area contributed by atoms with Crippen LogP contribution in [0.3, 0.4) is 0 Å². The second kappa shape index (κ2) is 5.19. The molecule has 0 bridgehead atoms. The molecule has 92 valence electrons. The molecule has 0 radical (unpaired) electrons. The quantitative estimate of drug-likeness (QED) is 0.863. The Morgan fingerprint density at radius 3 is 3.06 bits per heavy atom. The van der Waals surface area contributed by atoms with Gasteiger partial charge in [0.25, 0.3) is 0 Å². The fourth-order valence-corrected chi connectivity index (χ4v) is 1.91. The fourth-order valence-electron chi connectivity index (χ4n) is 1.91. The van der Waals surface area contributed by atoms with Crippen molar-refractivity contribution in [1.29, 1.82) is 0 Å². The number of hydrogen-bond donors (Lipinski definition) is 1. The number of anilines is 1. The number of nitrogens with two attached hydrogens (primary N) is 1. The third-order valence-electron chi connectivity index (χ3n) is 2.84. The number of fused-ring (bicyclic) bond motifs is 1. The molecule has 17 heavy (non-hydrogen) atoms. The first kappa shape index (κ1) is 11.9. The lowest BCUT2D eigenvalue weighted by Gasteiger charge is -2.29. The van der Waals surface area contributed by atoms with Gasteiger partial charge in [-0.25, -0.2) is 0 Å². The minimum Gasteiger partial charge on any atom is -0.490 e. The molecular formula is C13H18N2O2. The van der Waals surface area contributed by atoms with Gasteiger partial charge in [-0.2, -0.15) is 0 Å². The highest BCUT2D eigenvalue weighted by atomic mass is 16.5. The van der Waals surface area contributed by atoms with Gasteiger partial charge in [0, 0.05) is 12.5 Å². The first-order valence-electron chi connectivity index (χ1n) is 5.96. The van der Waals surface area contributed by atoms with Gasteiger partial charge in [0.15, 0.2) is 0 Å². The number of para-hydroxylation sites is 2. The molecule has 4 nitrogen and oxygen atoms in total. The summed E-state index contributed by atoms with van der Waals surface area (Å²) in [6.45, 7) is 3.09. The number of amides is 1. The molecule has 1 aliphatic rings. The summed E-state index contributed by atoms with van der Waals surface area (Å²) in [5.41, 5.74) is 6.54. The Kier molecular flexibility index (Phi) is 3.64. The molecule has 1 aromatic rings. The van der Waals surface area contributed by atoms with Crippen molar-refractivity contribution in [3.63, 3.8) is 0 Å². The van der Waals surface area contributed by atoms with Crippen molar-refractivity contribution in [2.24, 2.45) is 5.73 Å². The number of carbonyl (C=O) groups is 1. The van der Waals surface area contributed by atoms with E-state index in [0.29, 0.717) is 19.6 Å². The Morgan fingerprint density at radius 2 is 2.29 bits per heavy atom. The zero-order valence-corrected chi connectivity index (χ0v) is 10.1.